The summed E-state index contributed by atoms with van der Waals surface area (Å²) in [5, 5.41) is 3.85. The third-order valence-electron chi connectivity index (χ3n) is 3.98. The highest BCUT2D eigenvalue weighted by atomic mass is 35.5. The highest BCUT2D eigenvalue weighted by Crippen LogP contribution is 2.37. The molecule has 2 N–H and O–H groups in total. The number of hydrogen-bond acceptors (Lipinski definition) is 3. The normalized spacial score (nSPS) is 13.4. The lowest BCUT2D eigenvalue weighted by Crippen LogP contribution is -2.19. The van der Waals surface area contributed by atoms with Crippen LogP contribution in [0.25, 0.3) is 11.1 Å². The van der Waals surface area contributed by atoms with E-state index in [2.05, 4.69) is 32.9 Å². The first-order valence-corrected chi connectivity index (χ1v) is 7.28. The Morgan fingerprint density at radius 1 is 1.38 bits per heavy atom. The van der Waals surface area contributed by atoms with Gasteiger partial charge in [-0.15, -0.1) is 0 Å². The number of nitrogen functional groups attached to an aromatic ring is 1. The second-order valence-electron chi connectivity index (χ2n) is 6.44. The molecule has 1 unspecified atom stereocenters. The SMILES string of the molecule is CC(Cc1onc(N)c1-c1cccc(Cl)c1F)C(C)(C)C. The van der Waals surface area contributed by atoms with Gasteiger partial charge in [-0.1, -0.05) is 56.6 Å². The molecule has 0 aliphatic rings. The molecule has 0 spiro atoms. The lowest BCUT2D eigenvalue weighted by atomic mass is 9.79. The Balaban J connectivity index is 2.46. The van der Waals surface area contributed by atoms with Crippen LogP contribution >= 0.6 is 11.6 Å². The van der Waals surface area contributed by atoms with Crippen LogP contribution in [0.5, 0.6) is 0 Å². The van der Waals surface area contributed by atoms with Crippen LogP contribution in [0.15, 0.2) is 22.7 Å². The van der Waals surface area contributed by atoms with Crippen molar-refractivity contribution in [1.82, 2.24) is 5.16 Å². The van der Waals surface area contributed by atoms with Gasteiger partial charge in [0.05, 0.1) is 10.6 Å². The van der Waals surface area contributed by atoms with Gasteiger partial charge in [-0.25, -0.2) is 4.39 Å². The molecule has 5 heteroatoms. The van der Waals surface area contributed by atoms with Crippen LogP contribution in [0.2, 0.25) is 5.02 Å². The average Bonchev–Trinajstić information content (AvgIpc) is 2.73. The minimum Gasteiger partial charge on any atom is -0.380 e. The van der Waals surface area contributed by atoms with Gasteiger partial charge in [0.15, 0.2) is 5.82 Å². The lowest BCUT2D eigenvalue weighted by Gasteiger charge is -2.26. The average molecular weight is 311 g/mol. The number of halogens is 2. The van der Waals surface area contributed by atoms with Crippen LogP contribution in [0.4, 0.5) is 10.2 Å². The van der Waals surface area contributed by atoms with Crippen molar-refractivity contribution >= 4 is 17.4 Å². The van der Waals surface area contributed by atoms with E-state index in [0.29, 0.717) is 29.2 Å². The zero-order valence-electron chi connectivity index (χ0n) is 12.7. The standard InChI is InChI=1S/C16H20ClFN2O/c1-9(16(2,3)4)8-12-13(15(19)20-21-12)10-6-5-7-11(17)14(10)18/h5-7,9H,8H2,1-4H3,(H2,19,20). The van der Waals surface area contributed by atoms with Crippen molar-refractivity contribution in [2.24, 2.45) is 11.3 Å². The van der Waals surface area contributed by atoms with E-state index in [0.717, 1.165) is 0 Å². The van der Waals surface area contributed by atoms with E-state index in [1.54, 1.807) is 12.1 Å². The van der Waals surface area contributed by atoms with E-state index in [1.165, 1.54) is 6.07 Å². The summed E-state index contributed by atoms with van der Waals surface area (Å²) < 4.78 is 19.6. The van der Waals surface area contributed by atoms with Crippen molar-refractivity contribution in [1.29, 1.82) is 0 Å². The molecule has 1 aromatic heterocycles. The molecule has 0 fully saturated rings. The number of nitrogens with zero attached hydrogens (tertiary/aromatic N) is 1. The molecule has 114 valence electrons. The van der Waals surface area contributed by atoms with Gasteiger partial charge < -0.3 is 10.3 Å². The Morgan fingerprint density at radius 2 is 2.05 bits per heavy atom. The first-order chi connectivity index (χ1) is 9.71. The molecule has 0 aliphatic carbocycles. The largest absolute Gasteiger partial charge is 0.380 e. The van der Waals surface area contributed by atoms with Crippen molar-refractivity contribution in [3.05, 3.63) is 34.8 Å². The third-order valence-corrected chi connectivity index (χ3v) is 4.27. The summed E-state index contributed by atoms with van der Waals surface area (Å²) in [6, 6.07) is 4.82. The van der Waals surface area contributed by atoms with Crippen molar-refractivity contribution in [2.75, 3.05) is 5.73 Å². The van der Waals surface area contributed by atoms with Crippen molar-refractivity contribution in [3.63, 3.8) is 0 Å². The first-order valence-electron chi connectivity index (χ1n) is 6.90. The third kappa shape index (κ3) is 3.21. The lowest BCUT2D eigenvalue weighted by molar-refractivity contribution is 0.240. The molecular formula is C16H20ClFN2O. The molecule has 1 atom stereocenters. The predicted molar refractivity (Wildman–Crippen MR) is 83.6 cm³/mol. The molecule has 2 aromatic rings. The molecule has 21 heavy (non-hydrogen) atoms. The molecule has 2 rings (SSSR count). The Bertz CT molecular complexity index is 646. The molecule has 0 amide bonds. The minimum absolute atomic E-state index is 0.0583. The van der Waals surface area contributed by atoms with E-state index in [9.17, 15) is 4.39 Å². The Kier molecular flexibility index (Phi) is 4.28. The van der Waals surface area contributed by atoms with Crippen LogP contribution in [-0.2, 0) is 6.42 Å². The number of hydrogen-bond donors (Lipinski definition) is 1. The van der Waals surface area contributed by atoms with Gasteiger partial charge in [-0.2, -0.15) is 0 Å². The monoisotopic (exact) mass is 310 g/mol. The fourth-order valence-electron chi connectivity index (χ4n) is 2.05. The maximum absolute atomic E-state index is 14.2. The van der Waals surface area contributed by atoms with Crippen LogP contribution in [-0.4, -0.2) is 5.16 Å². The highest BCUT2D eigenvalue weighted by Gasteiger charge is 2.26. The maximum Gasteiger partial charge on any atom is 0.175 e. The Morgan fingerprint density at radius 3 is 2.67 bits per heavy atom. The fourth-order valence-corrected chi connectivity index (χ4v) is 2.22. The van der Waals surface area contributed by atoms with E-state index in [-0.39, 0.29) is 16.3 Å². The van der Waals surface area contributed by atoms with Crippen molar-refractivity contribution in [3.8, 4) is 11.1 Å². The fraction of sp³-hybridized carbons (Fsp3) is 0.438. The quantitative estimate of drug-likeness (QED) is 0.873. The molecular weight excluding hydrogens is 291 g/mol. The van der Waals surface area contributed by atoms with Gasteiger partial charge in [0.25, 0.3) is 0 Å². The number of nitrogens with two attached hydrogens (primary N) is 1. The molecule has 0 saturated carbocycles. The van der Waals surface area contributed by atoms with Gasteiger partial charge in [-0.05, 0) is 17.4 Å². The van der Waals surface area contributed by atoms with Gasteiger partial charge in [0, 0.05) is 12.0 Å². The molecule has 0 bridgehead atoms. The van der Waals surface area contributed by atoms with Gasteiger partial charge in [-0.3, -0.25) is 0 Å². The molecule has 0 saturated heterocycles. The topological polar surface area (TPSA) is 52.0 Å². The molecule has 1 heterocycles. The number of benzene rings is 1. The summed E-state index contributed by atoms with van der Waals surface area (Å²) in [6.45, 7) is 8.57. The first kappa shape index (κ1) is 15.8. The van der Waals surface area contributed by atoms with Crippen LogP contribution < -0.4 is 5.73 Å². The van der Waals surface area contributed by atoms with Gasteiger partial charge in [0.1, 0.15) is 11.6 Å². The number of aromatic nitrogens is 1. The second kappa shape index (κ2) is 5.68. The zero-order chi connectivity index (χ0) is 15.8. The predicted octanol–water partition coefficient (Wildman–Crippen LogP) is 4.94. The number of rotatable bonds is 3. The molecule has 1 aromatic carbocycles. The maximum atomic E-state index is 14.2. The summed E-state index contributed by atoms with van der Waals surface area (Å²) in [5.41, 5.74) is 6.80. The molecule has 0 aliphatic heterocycles. The summed E-state index contributed by atoms with van der Waals surface area (Å²) >= 11 is 5.85. The van der Waals surface area contributed by atoms with E-state index < -0.39 is 5.82 Å². The van der Waals surface area contributed by atoms with Crippen LogP contribution in [0.3, 0.4) is 0 Å². The second-order valence-corrected chi connectivity index (χ2v) is 6.85. The Labute approximate surface area is 129 Å². The summed E-state index contributed by atoms with van der Waals surface area (Å²) in [6.07, 6.45) is 0.634. The minimum atomic E-state index is -0.501. The van der Waals surface area contributed by atoms with Crippen molar-refractivity contribution in [2.45, 2.75) is 34.1 Å². The van der Waals surface area contributed by atoms with Crippen molar-refractivity contribution < 1.29 is 8.91 Å². The zero-order valence-corrected chi connectivity index (χ0v) is 13.5. The number of anilines is 1. The smallest absolute Gasteiger partial charge is 0.175 e. The summed E-state index contributed by atoms with van der Waals surface area (Å²) in [7, 11) is 0. The molecule has 0 radical (unpaired) electrons. The van der Waals surface area contributed by atoms with E-state index in [4.69, 9.17) is 21.9 Å². The Hall–Kier alpha value is -1.55. The van der Waals surface area contributed by atoms with E-state index in [1.807, 2.05) is 0 Å². The summed E-state index contributed by atoms with van der Waals surface area (Å²) in [4.78, 5) is 0. The van der Waals surface area contributed by atoms with Crippen LogP contribution in [0.1, 0.15) is 33.5 Å². The molecule has 3 nitrogen and oxygen atoms in total. The highest BCUT2D eigenvalue weighted by molar-refractivity contribution is 6.31. The van der Waals surface area contributed by atoms with Gasteiger partial charge in [0.2, 0.25) is 0 Å². The van der Waals surface area contributed by atoms with Gasteiger partial charge >= 0.3 is 0 Å². The van der Waals surface area contributed by atoms with E-state index >= 15 is 0 Å². The summed E-state index contributed by atoms with van der Waals surface area (Å²) in [5.74, 6) is 0.605. The van der Waals surface area contributed by atoms with Crippen LogP contribution in [0, 0.1) is 17.2 Å².